The Hall–Kier alpha value is -1.13. The first-order valence-electron chi connectivity index (χ1n) is 4.02. The van der Waals surface area contributed by atoms with Gasteiger partial charge >= 0.3 is 0 Å². The molecular weight excluding hydrogens is 182 g/mol. The highest BCUT2D eigenvalue weighted by molar-refractivity contribution is 8.13. The van der Waals surface area contributed by atoms with Crippen LogP contribution in [0.5, 0.6) is 0 Å². The summed E-state index contributed by atoms with van der Waals surface area (Å²) in [5.74, 6) is 2.57. The van der Waals surface area contributed by atoms with E-state index < -0.39 is 0 Å². The molecule has 0 aliphatic carbocycles. The Bertz CT molecular complexity index is 234. The highest BCUT2D eigenvalue weighted by Gasteiger charge is 1.92. The summed E-state index contributed by atoms with van der Waals surface area (Å²) in [6, 6.07) is 0. The minimum absolute atomic E-state index is 0.670. The molecule has 0 aliphatic heterocycles. The van der Waals surface area contributed by atoms with Gasteiger partial charge in [-0.1, -0.05) is 11.8 Å². The van der Waals surface area contributed by atoms with E-state index in [9.17, 15) is 0 Å². The average molecular weight is 195 g/mol. The molecule has 0 atom stereocenters. The van der Waals surface area contributed by atoms with Crippen LogP contribution in [0.4, 0.5) is 0 Å². The van der Waals surface area contributed by atoms with E-state index in [4.69, 9.17) is 11.7 Å². The van der Waals surface area contributed by atoms with E-state index >= 15 is 0 Å². The van der Waals surface area contributed by atoms with Gasteiger partial charge in [-0.3, -0.25) is 10.3 Å². The molecule has 13 heavy (non-hydrogen) atoms. The second kappa shape index (κ2) is 8.96. The highest BCUT2D eigenvalue weighted by Crippen LogP contribution is 1.98. The van der Waals surface area contributed by atoms with Gasteiger partial charge < -0.3 is 0 Å². The van der Waals surface area contributed by atoms with Crippen molar-refractivity contribution in [2.75, 3.05) is 12.8 Å². The number of amidine groups is 1. The monoisotopic (exact) mass is 195 g/mol. The molecule has 0 radical (unpaired) electrons. The van der Waals surface area contributed by atoms with Crippen LogP contribution in [-0.2, 0) is 0 Å². The smallest absolute Gasteiger partial charge is 0.183 e. The quantitative estimate of drug-likeness (QED) is 0.185. The molecule has 0 aromatic heterocycles. The third-order valence-electron chi connectivity index (χ3n) is 1.34. The minimum Gasteiger partial charge on any atom is -0.272 e. The van der Waals surface area contributed by atoms with Gasteiger partial charge in [0.2, 0.25) is 0 Å². The topological polar surface area (TPSA) is 48.2 Å². The van der Waals surface area contributed by atoms with E-state index in [0.29, 0.717) is 5.17 Å². The first-order valence-corrected chi connectivity index (χ1v) is 5.24. The fourth-order valence-corrected chi connectivity index (χ4v) is 1.09. The normalized spacial score (nSPS) is 10.2. The molecule has 0 aromatic rings. The van der Waals surface area contributed by atoms with Crippen molar-refractivity contribution < 1.29 is 0 Å². The fourth-order valence-electron chi connectivity index (χ4n) is 0.722. The van der Waals surface area contributed by atoms with Gasteiger partial charge in [0.05, 0.1) is 0 Å². The van der Waals surface area contributed by atoms with Crippen LogP contribution in [0.1, 0.15) is 19.3 Å². The Kier molecular flexibility index (Phi) is 8.18. The number of hydrogen-bond acceptors (Lipinski definition) is 3. The lowest BCUT2D eigenvalue weighted by atomic mass is 10.2. The zero-order valence-corrected chi connectivity index (χ0v) is 8.52. The van der Waals surface area contributed by atoms with Crippen LogP contribution in [0.3, 0.4) is 0 Å². The van der Waals surface area contributed by atoms with Crippen molar-refractivity contribution >= 4 is 16.9 Å². The zero-order valence-electron chi connectivity index (χ0n) is 7.71. The summed E-state index contributed by atoms with van der Waals surface area (Å²) in [6.07, 6.45) is 11.6. The van der Waals surface area contributed by atoms with Crippen molar-refractivity contribution in [2.45, 2.75) is 19.3 Å². The maximum atomic E-state index is 8.33. The molecule has 0 amide bonds. The first kappa shape index (κ1) is 11.9. The van der Waals surface area contributed by atoms with E-state index in [0.717, 1.165) is 25.8 Å². The molecule has 3 nitrogen and oxygen atoms in total. The summed E-state index contributed by atoms with van der Waals surface area (Å²) in [6.45, 7) is 0.729. The molecule has 0 spiro atoms. The SMILES string of the molecule is C#CCCCCN=C(NC#N)SC. The van der Waals surface area contributed by atoms with Crippen LogP contribution in [0.15, 0.2) is 4.99 Å². The molecule has 0 aromatic carbocycles. The number of unbranched alkanes of at least 4 members (excludes halogenated alkanes) is 2. The number of nitrogens with one attached hydrogen (secondary N) is 1. The van der Waals surface area contributed by atoms with E-state index in [1.165, 1.54) is 11.8 Å². The van der Waals surface area contributed by atoms with Crippen LogP contribution < -0.4 is 5.32 Å². The molecule has 0 heterocycles. The van der Waals surface area contributed by atoms with Crippen molar-refractivity contribution in [3.63, 3.8) is 0 Å². The van der Waals surface area contributed by atoms with Crippen molar-refractivity contribution in [1.29, 1.82) is 5.26 Å². The number of aliphatic imine (C=N–C) groups is 1. The summed E-state index contributed by atoms with van der Waals surface area (Å²) in [5, 5.41) is 11.5. The fraction of sp³-hybridized carbons (Fsp3) is 0.556. The second-order valence-corrected chi connectivity index (χ2v) is 3.08. The standard InChI is InChI=1S/C9H13N3S/c1-3-4-5-6-7-11-9(13-2)12-8-10/h1H,4-7H2,2H3,(H,11,12). The lowest BCUT2D eigenvalue weighted by Gasteiger charge is -1.98. The molecule has 0 saturated heterocycles. The summed E-state index contributed by atoms with van der Waals surface area (Å²) < 4.78 is 0. The van der Waals surface area contributed by atoms with Crippen LogP contribution in [0.2, 0.25) is 0 Å². The Labute approximate surface area is 83.6 Å². The molecule has 70 valence electrons. The molecule has 0 rings (SSSR count). The van der Waals surface area contributed by atoms with E-state index in [2.05, 4.69) is 16.2 Å². The first-order chi connectivity index (χ1) is 6.35. The van der Waals surface area contributed by atoms with E-state index in [-0.39, 0.29) is 0 Å². The van der Waals surface area contributed by atoms with Gasteiger partial charge in [-0.2, -0.15) is 5.26 Å². The summed E-state index contributed by atoms with van der Waals surface area (Å²) in [4.78, 5) is 4.18. The zero-order chi connectivity index (χ0) is 9.94. The third-order valence-corrected chi connectivity index (χ3v) is 1.96. The minimum atomic E-state index is 0.670. The van der Waals surface area contributed by atoms with Gasteiger partial charge in [-0.05, 0) is 19.1 Å². The molecule has 0 saturated carbocycles. The van der Waals surface area contributed by atoms with Gasteiger partial charge in [-0.25, -0.2) is 0 Å². The Morgan fingerprint density at radius 2 is 2.38 bits per heavy atom. The molecule has 0 bridgehead atoms. The Balaban J connectivity index is 3.57. The van der Waals surface area contributed by atoms with Gasteiger partial charge in [0, 0.05) is 13.0 Å². The lowest BCUT2D eigenvalue weighted by Crippen LogP contribution is -2.13. The largest absolute Gasteiger partial charge is 0.272 e. The number of thioether (sulfide) groups is 1. The van der Waals surface area contributed by atoms with Gasteiger partial charge in [0.15, 0.2) is 11.4 Å². The predicted octanol–water partition coefficient (Wildman–Crippen LogP) is 1.58. The third kappa shape index (κ3) is 7.24. The van der Waals surface area contributed by atoms with Crippen LogP contribution in [0, 0.1) is 23.8 Å². The van der Waals surface area contributed by atoms with Crippen molar-refractivity contribution in [2.24, 2.45) is 4.99 Å². The second-order valence-electron chi connectivity index (χ2n) is 2.29. The maximum Gasteiger partial charge on any atom is 0.183 e. The van der Waals surface area contributed by atoms with Gasteiger partial charge in [-0.15, -0.1) is 12.3 Å². The molecule has 1 N–H and O–H groups in total. The number of hydrogen-bond donors (Lipinski definition) is 1. The number of nitrogens with zero attached hydrogens (tertiary/aromatic N) is 2. The molecule has 0 fully saturated rings. The lowest BCUT2D eigenvalue weighted by molar-refractivity contribution is 0.768. The van der Waals surface area contributed by atoms with Crippen LogP contribution in [0.25, 0.3) is 0 Å². The molecule has 0 unspecified atom stereocenters. The van der Waals surface area contributed by atoms with E-state index in [1.54, 1.807) is 0 Å². The van der Waals surface area contributed by atoms with Crippen LogP contribution in [-0.4, -0.2) is 18.0 Å². The summed E-state index contributed by atoms with van der Waals surface area (Å²) >= 11 is 1.43. The Morgan fingerprint density at radius 3 is 2.92 bits per heavy atom. The van der Waals surface area contributed by atoms with Crippen molar-refractivity contribution in [1.82, 2.24) is 5.32 Å². The number of nitriles is 1. The Morgan fingerprint density at radius 1 is 1.62 bits per heavy atom. The molecule has 4 heteroatoms. The summed E-state index contributed by atoms with van der Waals surface area (Å²) in [5.41, 5.74) is 0. The molecule has 0 aliphatic rings. The summed E-state index contributed by atoms with van der Waals surface area (Å²) in [7, 11) is 0. The van der Waals surface area contributed by atoms with Crippen molar-refractivity contribution in [3.05, 3.63) is 0 Å². The average Bonchev–Trinajstić information content (AvgIpc) is 2.16. The maximum absolute atomic E-state index is 8.33. The number of terminal acetylenes is 1. The van der Waals surface area contributed by atoms with Gasteiger partial charge in [0.25, 0.3) is 0 Å². The van der Waals surface area contributed by atoms with E-state index in [1.807, 2.05) is 12.4 Å². The molecular formula is C9H13N3S. The van der Waals surface area contributed by atoms with Crippen molar-refractivity contribution in [3.8, 4) is 18.5 Å². The number of rotatable bonds is 4. The predicted molar refractivity (Wildman–Crippen MR) is 57.2 cm³/mol. The van der Waals surface area contributed by atoms with Crippen LogP contribution >= 0.6 is 11.8 Å². The highest BCUT2D eigenvalue weighted by atomic mass is 32.2. The van der Waals surface area contributed by atoms with Gasteiger partial charge in [0.1, 0.15) is 0 Å².